The van der Waals surface area contributed by atoms with Crippen molar-refractivity contribution in [3.63, 3.8) is 0 Å². The molecule has 6 heteroatoms. The van der Waals surface area contributed by atoms with Gasteiger partial charge in [0.1, 0.15) is 11.1 Å². The summed E-state index contributed by atoms with van der Waals surface area (Å²) in [6.07, 6.45) is 0. The van der Waals surface area contributed by atoms with Crippen molar-refractivity contribution in [2.75, 3.05) is 0 Å². The molecule has 0 atom stereocenters. The van der Waals surface area contributed by atoms with Gasteiger partial charge in [-0.1, -0.05) is 0 Å². The third-order valence-electron chi connectivity index (χ3n) is 1.75. The molecule has 2 N–H and O–H groups in total. The fourth-order valence-corrected chi connectivity index (χ4v) is 1.48. The summed E-state index contributed by atoms with van der Waals surface area (Å²) >= 11 is 3.05. The molecular formula is C8H4BrNO4. The van der Waals surface area contributed by atoms with Crippen LogP contribution in [0.4, 0.5) is 0 Å². The van der Waals surface area contributed by atoms with Crippen LogP contribution in [-0.4, -0.2) is 10.1 Å². The molecule has 14 heavy (non-hydrogen) atoms. The molecule has 0 saturated carbocycles. The number of halogens is 1. The number of rotatable bonds is 0. The van der Waals surface area contributed by atoms with Gasteiger partial charge in [-0.2, -0.15) is 0 Å². The summed E-state index contributed by atoms with van der Waals surface area (Å²) in [7, 11) is 0. The van der Waals surface area contributed by atoms with Gasteiger partial charge in [-0.25, -0.2) is 9.59 Å². The highest BCUT2D eigenvalue weighted by Gasteiger charge is 2.10. The summed E-state index contributed by atoms with van der Waals surface area (Å²) in [4.78, 5) is 24.3. The van der Waals surface area contributed by atoms with Gasteiger partial charge in [-0.15, -0.1) is 0 Å². The van der Waals surface area contributed by atoms with Crippen molar-refractivity contribution in [2.24, 2.45) is 0 Å². The van der Waals surface area contributed by atoms with Gasteiger partial charge < -0.3 is 9.52 Å². The number of aromatic hydroxyl groups is 1. The Morgan fingerprint density at radius 3 is 2.79 bits per heavy atom. The number of hydrogen-bond donors (Lipinski definition) is 2. The molecule has 0 bridgehead atoms. The summed E-state index contributed by atoms with van der Waals surface area (Å²) in [6, 6.07) is 3.02. The van der Waals surface area contributed by atoms with Gasteiger partial charge >= 0.3 is 11.4 Å². The van der Waals surface area contributed by atoms with Crippen LogP contribution < -0.4 is 11.4 Å². The van der Waals surface area contributed by atoms with E-state index in [0.717, 1.165) is 0 Å². The normalized spacial score (nSPS) is 10.6. The molecule has 1 heterocycles. The van der Waals surface area contributed by atoms with E-state index in [4.69, 9.17) is 0 Å². The Kier molecular flexibility index (Phi) is 1.92. The van der Waals surface area contributed by atoms with Gasteiger partial charge in [0.25, 0.3) is 0 Å². The monoisotopic (exact) mass is 257 g/mol. The quantitative estimate of drug-likeness (QED) is 0.736. The molecular weight excluding hydrogens is 254 g/mol. The second-order valence-electron chi connectivity index (χ2n) is 2.62. The Labute approximate surface area is 85.1 Å². The van der Waals surface area contributed by atoms with Gasteiger partial charge in [0.2, 0.25) is 0 Å². The van der Waals surface area contributed by atoms with Crippen LogP contribution in [0.3, 0.4) is 0 Å². The van der Waals surface area contributed by atoms with E-state index in [0.29, 0.717) is 4.47 Å². The van der Waals surface area contributed by atoms with Crippen molar-refractivity contribution in [3.05, 3.63) is 37.6 Å². The molecule has 0 aliphatic carbocycles. The lowest BCUT2D eigenvalue weighted by Gasteiger charge is -1.99. The standard InChI is InChI=1S/C8H4BrNO4/c9-3-1-2-4-5(6(3)11)7(12)14-8(13)10-4/h1-2,11H,(H,10,13). The Hall–Kier alpha value is -1.56. The molecule has 0 aliphatic heterocycles. The zero-order valence-corrected chi connectivity index (χ0v) is 8.29. The lowest BCUT2D eigenvalue weighted by atomic mass is 10.2. The second kappa shape index (κ2) is 2.98. The minimum atomic E-state index is -0.859. The van der Waals surface area contributed by atoms with Crippen molar-refractivity contribution in [1.29, 1.82) is 0 Å². The number of fused-ring (bicyclic) bond motifs is 1. The van der Waals surface area contributed by atoms with E-state index in [1.165, 1.54) is 12.1 Å². The molecule has 5 nitrogen and oxygen atoms in total. The number of aromatic amines is 1. The maximum Gasteiger partial charge on any atom is 0.419 e. The van der Waals surface area contributed by atoms with Crippen LogP contribution in [0.25, 0.3) is 10.9 Å². The summed E-state index contributed by atoms with van der Waals surface area (Å²) in [5, 5.41) is 9.46. The fourth-order valence-electron chi connectivity index (χ4n) is 1.15. The van der Waals surface area contributed by atoms with Crippen molar-refractivity contribution >= 4 is 26.8 Å². The number of phenols is 1. The molecule has 0 aliphatic rings. The number of aromatic nitrogens is 1. The van der Waals surface area contributed by atoms with Crippen molar-refractivity contribution < 1.29 is 9.52 Å². The van der Waals surface area contributed by atoms with Gasteiger partial charge in [-0.3, -0.25) is 4.98 Å². The number of nitrogens with one attached hydrogen (secondary N) is 1. The minimum absolute atomic E-state index is 0.0426. The molecule has 72 valence electrons. The topological polar surface area (TPSA) is 83.3 Å². The van der Waals surface area contributed by atoms with E-state index < -0.39 is 11.4 Å². The molecule has 0 unspecified atom stereocenters. The Balaban J connectivity index is 3.11. The van der Waals surface area contributed by atoms with E-state index in [1.54, 1.807) is 0 Å². The average molecular weight is 258 g/mol. The number of hydrogen-bond acceptors (Lipinski definition) is 4. The maximum atomic E-state index is 11.2. The molecule has 2 aromatic rings. The second-order valence-corrected chi connectivity index (χ2v) is 3.47. The van der Waals surface area contributed by atoms with Crippen molar-refractivity contribution in [1.82, 2.24) is 4.98 Å². The number of H-pyrrole nitrogens is 1. The molecule has 1 aromatic carbocycles. The highest BCUT2D eigenvalue weighted by Crippen LogP contribution is 2.28. The van der Waals surface area contributed by atoms with Crippen LogP contribution in [0.5, 0.6) is 5.75 Å². The third-order valence-corrected chi connectivity index (χ3v) is 2.39. The largest absolute Gasteiger partial charge is 0.506 e. The summed E-state index contributed by atoms with van der Waals surface area (Å²) in [5.41, 5.74) is -0.616. The predicted octanol–water partition coefficient (Wildman–Crippen LogP) is 0.949. The van der Waals surface area contributed by atoms with Gasteiger partial charge in [0.15, 0.2) is 0 Å². The van der Waals surface area contributed by atoms with Gasteiger partial charge in [-0.05, 0) is 28.1 Å². The third kappa shape index (κ3) is 1.24. The lowest BCUT2D eigenvalue weighted by Crippen LogP contribution is -2.14. The van der Waals surface area contributed by atoms with Crippen LogP contribution in [0, 0.1) is 0 Å². The summed E-state index contributed by atoms with van der Waals surface area (Å²) < 4.78 is 4.64. The van der Waals surface area contributed by atoms with Crippen molar-refractivity contribution in [2.45, 2.75) is 0 Å². The number of phenolic OH excluding ortho intramolecular Hbond substituents is 1. The molecule has 0 radical (unpaired) electrons. The SMILES string of the molecule is O=c1[nH]c2ccc(Br)c(O)c2c(=O)o1. The van der Waals surface area contributed by atoms with Crippen LogP contribution in [-0.2, 0) is 0 Å². The highest BCUT2D eigenvalue weighted by molar-refractivity contribution is 9.10. The first-order valence-electron chi connectivity index (χ1n) is 3.64. The van der Waals surface area contributed by atoms with Crippen LogP contribution >= 0.6 is 15.9 Å². The Morgan fingerprint density at radius 2 is 2.07 bits per heavy atom. The molecule has 0 fully saturated rings. The fraction of sp³-hybridized carbons (Fsp3) is 0. The van der Waals surface area contributed by atoms with Gasteiger partial charge in [0, 0.05) is 0 Å². The Bertz CT molecular complexity index is 613. The first kappa shape index (κ1) is 9.01. The highest BCUT2D eigenvalue weighted by atomic mass is 79.9. The number of benzene rings is 1. The summed E-state index contributed by atoms with van der Waals surface area (Å²) in [5.74, 6) is -1.09. The summed E-state index contributed by atoms with van der Waals surface area (Å²) in [6.45, 7) is 0. The molecule has 2 rings (SSSR count). The van der Waals surface area contributed by atoms with E-state index >= 15 is 0 Å². The van der Waals surface area contributed by atoms with Crippen molar-refractivity contribution in [3.8, 4) is 5.75 Å². The van der Waals surface area contributed by atoms with Crippen LogP contribution in [0.15, 0.2) is 30.6 Å². The van der Waals surface area contributed by atoms with E-state index in [9.17, 15) is 14.7 Å². The first-order valence-corrected chi connectivity index (χ1v) is 4.43. The molecule has 1 aromatic heterocycles. The first-order chi connectivity index (χ1) is 6.59. The van der Waals surface area contributed by atoms with Gasteiger partial charge in [0.05, 0.1) is 9.99 Å². The minimum Gasteiger partial charge on any atom is -0.506 e. The van der Waals surface area contributed by atoms with E-state index in [-0.39, 0.29) is 16.7 Å². The molecule has 0 saturated heterocycles. The lowest BCUT2D eigenvalue weighted by molar-refractivity contribution is 0.447. The Morgan fingerprint density at radius 1 is 1.36 bits per heavy atom. The maximum absolute atomic E-state index is 11.2. The zero-order chi connectivity index (χ0) is 10.3. The van der Waals surface area contributed by atoms with E-state index in [2.05, 4.69) is 25.3 Å². The molecule has 0 amide bonds. The predicted molar refractivity (Wildman–Crippen MR) is 52.5 cm³/mol. The average Bonchev–Trinajstić information content (AvgIpc) is 2.10. The van der Waals surface area contributed by atoms with Crippen LogP contribution in [0.2, 0.25) is 0 Å². The zero-order valence-electron chi connectivity index (χ0n) is 6.70. The van der Waals surface area contributed by atoms with E-state index in [1.807, 2.05) is 0 Å². The van der Waals surface area contributed by atoms with Crippen LogP contribution in [0.1, 0.15) is 0 Å². The molecule has 0 spiro atoms. The smallest absolute Gasteiger partial charge is 0.419 e.